The van der Waals surface area contributed by atoms with Crippen LogP contribution in [0.3, 0.4) is 0 Å². The fourth-order valence-corrected chi connectivity index (χ4v) is 6.19. The number of nitrogens with zero attached hydrogens (tertiary/aromatic N) is 4. The molecule has 3 heterocycles. The zero-order valence-corrected chi connectivity index (χ0v) is 26.2. The van der Waals surface area contributed by atoms with Crippen molar-refractivity contribution in [2.45, 2.75) is 13.8 Å². The topological polar surface area (TPSA) is 81.3 Å². The van der Waals surface area contributed by atoms with Gasteiger partial charge in [-0.1, -0.05) is 36.4 Å². The molecule has 0 saturated carbocycles. The van der Waals surface area contributed by atoms with Crippen molar-refractivity contribution in [2.24, 2.45) is 0 Å². The van der Waals surface area contributed by atoms with Gasteiger partial charge in [-0.2, -0.15) is 0 Å². The van der Waals surface area contributed by atoms with Gasteiger partial charge in [-0.15, -0.1) is 0 Å². The Bertz CT molecular complexity index is 2380. The first-order valence-corrected chi connectivity index (χ1v) is 15.8. The molecule has 0 aliphatic rings. The van der Waals surface area contributed by atoms with E-state index in [9.17, 15) is 0 Å². The molecule has 0 aliphatic carbocycles. The lowest BCUT2D eigenvalue weighted by Gasteiger charge is -2.28. The number of anilines is 3. The van der Waals surface area contributed by atoms with E-state index in [0.29, 0.717) is 17.7 Å². The molecule has 0 fully saturated rings. The van der Waals surface area contributed by atoms with Crippen LogP contribution >= 0.6 is 0 Å². The van der Waals surface area contributed by atoms with Gasteiger partial charge in [-0.3, -0.25) is 0 Å². The summed E-state index contributed by atoms with van der Waals surface area (Å²) in [5.74, 6) is 1.79. The number of hydrogen-bond donors (Lipinski definition) is 0. The third kappa shape index (κ3) is 4.72. The second-order valence-corrected chi connectivity index (χ2v) is 11.8. The maximum atomic E-state index is 6.16. The monoisotopic (exact) mass is 624 g/mol. The molecule has 0 bridgehead atoms. The zero-order valence-electron chi connectivity index (χ0n) is 26.2. The van der Waals surface area contributed by atoms with Crippen molar-refractivity contribution < 1.29 is 13.3 Å². The third-order valence-corrected chi connectivity index (χ3v) is 8.86. The van der Waals surface area contributed by atoms with Crippen LogP contribution in [0, 0.1) is 13.8 Å². The molecule has 0 N–H and O–H groups in total. The summed E-state index contributed by atoms with van der Waals surface area (Å²) < 4.78 is 18.3. The standard InChI is InChI=1S/C41H28N4O3/c1-25-26(2)35(24-23-31(25)41-44-34-11-5-8-14-38(34)48-41)45(29-19-15-27(16-20-29)39-42-32-9-3-6-12-36(32)46-39)30-21-17-28(18-22-30)40-43-33-10-4-7-13-37(33)47-40/h3-24H,1-2H3. The van der Waals surface area contributed by atoms with E-state index in [4.69, 9.17) is 28.2 Å². The van der Waals surface area contributed by atoms with Crippen LogP contribution in [-0.4, -0.2) is 15.0 Å². The molecule has 230 valence electrons. The fourth-order valence-electron chi connectivity index (χ4n) is 6.19. The van der Waals surface area contributed by atoms with Gasteiger partial charge in [-0.25, -0.2) is 15.0 Å². The van der Waals surface area contributed by atoms with Crippen molar-refractivity contribution in [1.29, 1.82) is 0 Å². The van der Waals surface area contributed by atoms with Gasteiger partial charge in [0.05, 0.1) is 0 Å². The molecule has 0 saturated heterocycles. The summed E-state index contributed by atoms with van der Waals surface area (Å²) in [5.41, 5.74) is 12.8. The summed E-state index contributed by atoms with van der Waals surface area (Å²) >= 11 is 0. The van der Waals surface area contributed by atoms with Crippen LogP contribution in [-0.2, 0) is 0 Å². The fraction of sp³-hybridized carbons (Fsp3) is 0.0488. The van der Waals surface area contributed by atoms with E-state index < -0.39 is 0 Å². The van der Waals surface area contributed by atoms with Gasteiger partial charge in [0.15, 0.2) is 16.7 Å². The molecule has 7 heteroatoms. The minimum atomic E-state index is 0.590. The maximum Gasteiger partial charge on any atom is 0.227 e. The average Bonchev–Trinajstić information content (AvgIpc) is 3.88. The Balaban J connectivity index is 1.13. The summed E-state index contributed by atoms with van der Waals surface area (Å²) in [7, 11) is 0. The van der Waals surface area contributed by atoms with Crippen molar-refractivity contribution >= 4 is 50.4 Å². The number of oxazole rings is 3. The van der Waals surface area contributed by atoms with Crippen molar-refractivity contribution in [3.63, 3.8) is 0 Å². The Kier molecular flexibility index (Phi) is 6.43. The summed E-state index contributed by atoms with van der Waals surface area (Å²) in [6.45, 7) is 4.26. The van der Waals surface area contributed by atoms with Crippen LogP contribution in [0.4, 0.5) is 17.1 Å². The average molecular weight is 625 g/mol. The highest BCUT2D eigenvalue weighted by Gasteiger charge is 2.21. The molecule has 0 amide bonds. The number of hydrogen-bond acceptors (Lipinski definition) is 7. The van der Waals surface area contributed by atoms with E-state index in [2.05, 4.69) is 79.4 Å². The van der Waals surface area contributed by atoms with Crippen LogP contribution in [0.1, 0.15) is 11.1 Å². The molecule has 9 aromatic rings. The molecular formula is C41H28N4O3. The Morgan fingerprint density at radius 1 is 0.417 bits per heavy atom. The molecule has 0 radical (unpaired) electrons. The van der Waals surface area contributed by atoms with Gasteiger partial charge >= 0.3 is 0 Å². The molecule has 0 unspecified atom stereocenters. The molecule has 9 rings (SSSR count). The predicted molar refractivity (Wildman–Crippen MR) is 190 cm³/mol. The maximum absolute atomic E-state index is 6.16. The van der Waals surface area contributed by atoms with E-state index in [1.54, 1.807) is 0 Å². The van der Waals surface area contributed by atoms with Crippen LogP contribution in [0.25, 0.3) is 67.7 Å². The third-order valence-electron chi connectivity index (χ3n) is 8.86. The normalized spacial score (nSPS) is 11.5. The summed E-state index contributed by atoms with van der Waals surface area (Å²) in [5, 5.41) is 0. The van der Waals surface area contributed by atoms with Crippen molar-refractivity contribution in [3.05, 3.63) is 145 Å². The largest absolute Gasteiger partial charge is 0.436 e. The smallest absolute Gasteiger partial charge is 0.227 e. The second kappa shape index (κ2) is 11.1. The van der Waals surface area contributed by atoms with Crippen molar-refractivity contribution in [1.82, 2.24) is 15.0 Å². The Morgan fingerprint density at radius 2 is 0.833 bits per heavy atom. The Labute approximate surface area is 275 Å². The van der Waals surface area contributed by atoms with Gasteiger partial charge in [0, 0.05) is 33.8 Å². The van der Waals surface area contributed by atoms with Gasteiger partial charge in [-0.05, 0) is 122 Å². The summed E-state index contributed by atoms with van der Waals surface area (Å²) in [6, 6.07) is 44.3. The van der Waals surface area contributed by atoms with E-state index >= 15 is 0 Å². The van der Waals surface area contributed by atoms with Gasteiger partial charge in [0.2, 0.25) is 17.7 Å². The summed E-state index contributed by atoms with van der Waals surface area (Å²) in [6.07, 6.45) is 0. The molecule has 0 spiro atoms. The first-order valence-electron chi connectivity index (χ1n) is 15.8. The first-order chi connectivity index (χ1) is 23.6. The van der Waals surface area contributed by atoms with E-state index in [0.717, 1.165) is 78.2 Å². The highest BCUT2D eigenvalue weighted by Crippen LogP contribution is 2.41. The minimum absolute atomic E-state index is 0.590. The number of benzene rings is 6. The number of rotatable bonds is 6. The molecule has 7 nitrogen and oxygen atoms in total. The zero-order chi connectivity index (χ0) is 32.2. The Hall–Kier alpha value is -6.47. The van der Waals surface area contributed by atoms with E-state index in [1.165, 1.54) is 0 Å². The van der Waals surface area contributed by atoms with Crippen LogP contribution in [0.2, 0.25) is 0 Å². The minimum Gasteiger partial charge on any atom is -0.436 e. The highest BCUT2D eigenvalue weighted by atomic mass is 16.4. The predicted octanol–water partition coefficient (Wildman–Crippen LogP) is 11.2. The van der Waals surface area contributed by atoms with Gasteiger partial charge < -0.3 is 18.2 Å². The lowest BCUT2D eigenvalue weighted by molar-refractivity contribution is 0.619. The van der Waals surface area contributed by atoms with E-state index in [-0.39, 0.29) is 0 Å². The van der Waals surface area contributed by atoms with Gasteiger partial charge in [0.1, 0.15) is 16.6 Å². The van der Waals surface area contributed by atoms with Crippen LogP contribution in [0.15, 0.2) is 147 Å². The van der Waals surface area contributed by atoms with Crippen LogP contribution in [0.5, 0.6) is 0 Å². The highest BCUT2D eigenvalue weighted by molar-refractivity contribution is 5.85. The molecule has 48 heavy (non-hydrogen) atoms. The molecule has 3 aromatic heterocycles. The van der Waals surface area contributed by atoms with Crippen molar-refractivity contribution in [3.8, 4) is 34.4 Å². The molecule has 6 aromatic carbocycles. The SMILES string of the molecule is Cc1c(-c2nc3ccccc3o2)ccc(N(c2ccc(-c3nc4ccccc4o3)cc2)c2ccc(-c3nc4ccccc4o3)cc2)c1C. The Morgan fingerprint density at radius 3 is 1.29 bits per heavy atom. The number of fused-ring (bicyclic) bond motifs is 3. The van der Waals surface area contributed by atoms with Crippen LogP contribution < -0.4 is 4.90 Å². The van der Waals surface area contributed by atoms with E-state index in [1.807, 2.05) is 72.8 Å². The lowest BCUT2D eigenvalue weighted by atomic mass is 9.99. The second-order valence-electron chi connectivity index (χ2n) is 11.8. The molecule has 0 atom stereocenters. The summed E-state index contributed by atoms with van der Waals surface area (Å²) in [4.78, 5) is 16.4. The van der Waals surface area contributed by atoms with Gasteiger partial charge in [0.25, 0.3) is 0 Å². The lowest BCUT2D eigenvalue weighted by Crippen LogP contribution is -2.12. The number of para-hydroxylation sites is 6. The number of aromatic nitrogens is 3. The first kappa shape index (κ1) is 27.8. The quantitative estimate of drug-likeness (QED) is 0.182. The molecule has 0 aliphatic heterocycles. The molecular weight excluding hydrogens is 596 g/mol. The van der Waals surface area contributed by atoms with Crippen molar-refractivity contribution in [2.75, 3.05) is 4.90 Å².